The zero-order valence-electron chi connectivity index (χ0n) is 9.16. The van der Waals surface area contributed by atoms with Gasteiger partial charge in [0, 0.05) is 6.54 Å². The molecule has 1 fully saturated rings. The van der Waals surface area contributed by atoms with E-state index in [2.05, 4.69) is 5.32 Å². The minimum atomic E-state index is -0.636. The van der Waals surface area contributed by atoms with E-state index in [1.165, 1.54) is 18.2 Å². The molecule has 3 N–H and O–H groups in total. The van der Waals surface area contributed by atoms with Crippen molar-refractivity contribution in [2.75, 3.05) is 11.9 Å². The van der Waals surface area contributed by atoms with Gasteiger partial charge in [0.15, 0.2) is 0 Å². The lowest BCUT2D eigenvalue weighted by molar-refractivity contribution is -0.120. The summed E-state index contributed by atoms with van der Waals surface area (Å²) < 4.78 is 13.3. The first kappa shape index (κ1) is 11.6. The highest BCUT2D eigenvalue weighted by atomic mass is 19.1. The van der Waals surface area contributed by atoms with Crippen LogP contribution < -0.4 is 11.1 Å². The number of halogens is 1. The van der Waals surface area contributed by atoms with Crippen molar-refractivity contribution >= 4 is 11.6 Å². The maximum Gasteiger partial charge on any atom is 0.231 e. The number of nitrogens with zero attached hydrogens (tertiary/aromatic N) is 1. The van der Waals surface area contributed by atoms with Gasteiger partial charge in [-0.25, -0.2) is 4.39 Å². The largest absolute Gasteiger partial charge is 0.329 e. The summed E-state index contributed by atoms with van der Waals surface area (Å²) >= 11 is 0. The van der Waals surface area contributed by atoms with Crippen molar-refractivity contribution in [1.29, 1.82) is 5.26 Å². The number of carbonyl (C=O) groups excluding carboxylic acids is 1. The van der Waals surface area contributed by atoms with E-state index < -0.39 is 11.2 Å². The first-order valence-electron chi connectivity index (χ1n) is 5.33. The topological polar surface area (TPSA) is 78.9 Å². The third-order valence-corrected chi connectivity index (χ3v) is 3.10. The first-order chi connectivity index (χ1) is 8.13. The molecule has 1 aliphatic carbocycles. The number of amides is 1. The highest BCUT2D eigenvalue weighted by Crippen LogP contribution is 2.45. The SMILES string of the molecule is N#Cc1c(F)cccc1NC(=O)C1(CN)CC1. The Balaban J connectivity index is 2.23. The smallest absolute Gasteiger partial charge is 0.231 e. The zero-order valence-corrected chi connectivity index (χ0v) is 9.16. The predicted molar refractivity (Wildman–Crippen MR) is 60.5 cm³/mol. The van der Waals surface area contributed by atoms with E-state index >= 15 is 0 Å². The van der Waals surface area contributed by atoms with Gasteiger partial charge < -0.3 is 11.1 Å². The van der Waals surface area contributed by atoms with Crippen molar-refractivity contribution in [3.8, 4) is 6.07 Å². The van der Waals surface area contributed by atoms with Crippen molar-refractivity contribution in [1.82, 2.24) is 0 Å². The molecule has 1 saturated carbocycles. The van der Waals surface area contributed by atoms with Gasteiger partial charge in [-0.2, -0.15) is 5.26 Å². The molecule has 1 aliphatic rings. The van der Waals surface area contributed by atoms with Gasteiger partial charge in [0.05, 0.1) is 11.1 Å². The van der Waals surface area contributed by atoms with Crippen LogP contribution in [0.5, 0.6) is 0 Å². The van der Waals surface area contributed by atoms with Crippen LogP contribution in [0.2, 0.25) is 0 Å². The number of anilines is 1. The van der Waals surface area contributed by atoms with Gasteiger partial charge in [-0.1, -0.05) is 6.07 Å². The summed E-state index contributed by atoms with van der Waals surface area (Å²) in [5.41, 5.74) is 5.07. The molecule has 4 nitrogen and oxygen atoms in total. The van der Waals surface area contributed by atoms with Crippen molar-refractivity contribution in [2.45, 2.75) is 12.8 Å². The molecule has 0 saturated heterocycles. The van der Waals surface area contributed by atoms with Crippen LogP contribution in [0.4, 0.5) is 10.1 Å². The second-order valence-electron chi connectivity index (χ2n) is 4.21. The number of hydrogen-bond donors (Lipinski definition) is 2. The number of benzene rings is 1. The van der Waals surface area contributed by atoms with E-state index in [0.717, 1.165) is 12.8 Å². The van der Waals surface area contributed by atoms with Gasteiger partial charge in [0.2, 0.25) is 5.91 Å². The summed E-state index contributed by atoms with van der Waals surface area (Å²) in [6.07, 6.45) is 1.49. The molecule has 0 radical (unpaired) electrons. The fourth-order valence-electron chi connectivity index (χ4n) is 1.67. The Kier molecular flexibility index (Phi) is 2.82. The van der Waals surface area contributed by atoms with Gasteiger partial charge in [-0.3, -0.25) is 4.79 Å². The molecule has 17 heavy (non-hydrogen) atoms. The van der Waals surface area contributed by atoms with E-state index in [4.69, 9.17) is 11.0 Å². The summed E-state index contributed by atoms with van der Waals surface area (Å²) in [6.45, 7) is 0.274. The maximum atomic E-state index is 13.3. The van der Waals surface area contributed by atoms with E-state index in [-0.39, 0.29) is 23.7 Å². The molecular weight excluding hydrogens is 221 g/mol. The molecule has 0 spiro atoms. The van der Waals surface area contributed by atoms with Crippen LogP contribution in [0.15, 0.2) is 18.2 Å². The summed E-state index contributed by atoms with van der Waals surface area (Å²) in [7, 11) is 0. The summed E-state index contributed by atoms with van der Waals surface area (Å²) in [6, 6.07) is 5.88. The van der Waals surface area contributed by atoms with Crippen molar-refractivity contribution in [3.63, 3.8) is 0 Å². The number of rotatable bonds is 3. The lowest BCUT2D eigenvalue weighted by Crippen LogP contribution is -2.31. The summed E-state index contributed by atoms with van der Waals surface area (Å²) in [5, 5.41) is 11.4. The van der Waals surface area contributed by atoms with Gasteiger partial charge in [0.25, 0.3) is 0 Å². The molecule has 2 rings (SSSR count). The molecule has 1 amide bonds. The first-order valence-corrected chi connectivity index (χ1v) is 5.33. The lowest BCUT2D eigenvalue weighted by atomic mass is 10.1. The quantitative estimate of drug-likeness (QED) is 0.827. The molecule has 0 atom stereocenters. The molecule has 1 aromatic carbocycles. The summed E-state index contributed by atoms with van der Waals surface area (Å²) in [5.74, 6) is -0.870. The number of nitriles is 1. The molecule has 0 aliphatic heterocycles. The van der Waals surface area contributed by atoms with E-state index in [1.807, 2.05) is 0 Å². The Morgan fingerprint density at radius 2 is 2.29 bits per heavy atom. The molecule has 1 aromatic rings. The zero-order chi connectivity index (χ0) is 12.5. The fraction of sp³-hybridized carbons (Fsp3) is 0.333. The molecule has 0 bridgehead atoms. The second kappa shape index (κ2) is 4.15. The summed E-state index contributed by atoms with van der Waals surface area (Å²) in [4.78, 5) is 11.9. The lowest BCUT2D eigenvalue weighted by Gasteiger charge is -2.13. The van der Waals surface area contributed by atoms with Crippen molar-refractivity contribution in [2.24, 2.45) is 11.1 Å². The minimum Gasteiger partial charge on any atom is -0.329 e. The van der Waals surface area contributed by atoms with Crippen LogP contribution in [0, 0.1) is 22.6 Å². The number of hydrogen-bond acceptors (Lipinski definition) is 3. The van der Waals surface area contributed by atoms with E-state index in [1.54, 1.807) is 6.07 Å². The van der Waals surface area contributed by atoms with Gasteiger partial charge in [0.1, 0.15) is 17.4 Å². The Labute approximate surface area is 98.2 Å². The van der Waals surface area contributed by atoms with E-state index in [0.29, 0.717) is 0 Å². The van der Waals surface area contributed by atoms with Crippen LogP contribution in [0.1, 0.15) is 18.4 Å². The van der Waals surface area contributed by atoms with Gasteiger partial charge in [-0.05, 0) is 25.0 Å². The third kappa shape index (κ3) is 1.99. The predicted octanol–water partition coefficient (Wildman–Crippen LogP) is 1.37. The molecule has 0 unspecified atom stereocenters. The van der Waals surface area contributed by atoms with E-state index in [9.17, 15) is 9.18 Å². The molecule has 0 heterocycles. The van der Waals surface area contributed by atoms with Crippen molar-refractivity contribution in [3.05, 3.63) is 29.6 Å². The average Bonchev–Trinajstić information content (AvgIpc) is 3.10. The van der Waals surface area contributed by atoms with Crippen LogP contribution in [0.25, 0.3) is 0 Å². The van der Waals surface area contributed by atoms with Crippen LogP contribution in [-0.4, -0.2) is 12.5 Å². The average molecular weight is 233 g/mol. The molecular formula is C12H12FN3O. The second-order valence-corrected chi connectivity index (χ2v) is 4.21. The fourth-order valence-corrected chi connectivity index (χ4v) is 1.67. The molecule has 88 valence electrons. The minimum absolute atomic E-state index is 0.145. The standard InChI is InChI=1S/C12H12FN3O/c13-9-2-1-3-10(8(9)6-14)16-11(17)12(7-15)4-5-12/h1-3H,4-5,7,15H2,(H,16,17). The molecule has 0 aromatic heterocycles. The Bertz CT molecular complexity index is 503. The Morgan fingerprint density at radius 3 is 2.82 bits per heavy atom. The Hall–Kier alpha value is -1.93. The molecule has 5 heteroatoms. The number of carbonyl (C=O) groups is 1. The maximum absolute atomic E-state index is 13.3. The Morgan fingerprint density at radius 1 is 1.59 bits per heavy atom. The number of nitrogens with two attached hydrogens (primary N) is 1. The highest BCUT2D eigenvalue weighted by Gasteiger charge is 2.48. The monoisotopic (exact) mass is 233 g/mol. The van der Waals surface area contributed by atoms with Gasteiger partial charge >= 0.3 is 0 Å². The normalized spacial score (nSPS) is 16.1. The van der Waals surface area contributed by atoms with Crippen LogP contribution >= 0.6 is 0 Å². The van der Waals surface area contributed by atoms with Gasteiger partial charge in [-0.15, -0.1) is 0 Å². The van der Waals surface area contributed by atoms with Crippen LogP contribution in [0.3, 0.4) is 0 Å². The third-order valence-electron chi connectivity index (χ3n) is 3.10. The van der Waals surface area contributed by atoms with Crippen LogP contribution in [-0.2, 0) is 4.79 Å². The number of nitrogens with one attached hydrogen (secondary N) is 1. The highest BCUT2D eigenvalue weighted by molar-refractivity contribution is 5.98. The van der Waals surface area contributed by atoms with Crippen molar-refractivity contribution < 1.29 is 9.18 Å².